The molecule has 1 heterocycles. The van der Waals surface area contributed by atoms with Gasteiger partial charge in [-0.1, -0.05) is 6.42 Å². The van der Waals surface area contributed by atoms with E-state index in [4.69, 9.17) is 0 Å². The SMILES string of the molecule is O=C(NCCCN1CCCCCC1=O)Nc1ccc(F)cc1F. The van der Waals surface area contributed by atoms with Crippen molar-refractivity contribution in [3.8, 4) is 0 Å². The highest BCUT2D eigenvalue weighted by atomic mass is 19.1. The average molecular weight is 325 g/mol. The lowest BCUT2D eigenvalue weighted by Gasteiger charge is -2.20. The van der Waals surface area contributed by atoms with Crippen molar-refractivity contribution in [2.24, 2.45) is 0 Å². The quantitative estimate of drug-likeness (QED) is 0.818. The van der Waals surface area contributed by atoms with Crippen LogP contribution in [-0.2, 0) is 4.79 Å². The van der Waals surface area contributed by atoms with Gasteiger partial charge in [0.2, 0.25) is 5.91 Å². The number of hydrogen-bond acceptors (Lipinski definition) is 2. The summed E-state index contributed by atoms with van der Waals surface area (Å²) in [6, 6.07) is 2.39. The summed E-state index contributed by atoms with van der Waals surface area (Å²) < 4.78 is 26.2. The number of likely N-dealkylation sites (tertiary alicyclic amines) is 1. The van der Waals surface area contributed by atoms with Crippen molar-refractivity contribution in [1.82, 2.24) is 10.2 Å². The third kappa shape index (κ3) is 5.50. The van der Waals surface area contributed by atoms with Gasteiger partial charge in [-0.25, -0.2) is 13.6 Å². The topological polar surface area (TPSA) is 61.4 Å². The summed E-state index contributed by atoms with van der Waals surface area (Å²) in [5, 5.41) is 4.92. The summed E-state index contributed by atoms with van der Waals surface area (Å²) in [4.78, 5) is 25.3. The molecule has 1 fully saturated rings. The molecule has 23 heavy (non-hydrogen) atoms. The zero-order valence-electron chi connectivity index (χ0n) is 12.9. The minimum Gasteiger partial charge on any atom is -0.343 e. The van der Waals surface area contributed by atoms with Crippen LogP contribution in [0.1, 0.15) is 32.1 Å². The molecule has 1 aromatic rings. The monoisotopic (exact) mass is 325 g/mol. The smallest absolute Gasteiger partial charge is 0.319 e. The molecule has 1 aromatic carbocycles. The summed E-state index contributed by atoms with van der Waals surface area (Å²) in [5.74, 6) is -1.36. The summed E-state index contributed by atoms with van der Waals surface area (Å²) in [5.41, 5.74) is -0.0772. The van der Waals surface area contributed by atoms with Gasteiger partial charge in [-0.15, -0.1) is 0 Å². The number of amides is 3. The standard InChI is InChI=1S/C16H21F2N3O2/c17-12-6-7-14(13(18)11-12)20-16(23)19-8-4-10-21-9-3-1-2-5-15(21)22/h6-7,11H,1-5,8-10H2,(H2,19,20,23). The number of urea groups is 1. The minimum absolute atomic E-state index is 0.0772. The Balaban J connectivity index is 1.69. The van der Waals surface area contributed by atoms with Crippen LogP contribution in [0, 0.1) is 11.6 Å². The van der Waals surface area contributed by atoms with Crippen molar-refractivity contribution < 1.29 is 18.4 Å². The lowest BCUT2D eigenvalue weighted by Crippen LogP contribution is -2.35. The van der Waals surface area contributed by atoms with Crippen LogP contribution in [0.25, 0.3) is 0 Å². The van der Waals surface area contributed by atoms with Crippen molar-refractivity contribution in [3.63, 3.8) is 0 Å². The van der Waals surface area contributed by atoms with Crippen molar-refractivity contribution in [1.29, 1.82) is 0 Å². The highest BCUT2D eigenvalue weighted by Gasteiger charge is 2.15. The first kappa shape index (κ1) is 17.2. The van der Waals surface area contributed by atoms with E-state index in [1.807, 2.05) is 4.90 Å². The normalized spacial score (nSPS) is 15.2. The zero-order chi connectivity index (χ0) is 16.7. The van der Waals surface area contributed by atoms with E-state index in [2.05, 4.69) is 10.6 Å². The zero-order valence-corrected chi connectivity index (χ0v) is 12.9. The van der Waals surface area contributed by atoms with Crippen LogP contribution in [0.15, 0.2) is 18.2 Å². The molecule has 0 atom stereocenters. The number of halogens is 2. The van der Waals surface area contributed by atoms with Crippen LogP contribution in [0.4, 0.5) is 19.3 Å². The fourth-order valence-corrected chi connectivity index (χ4v) is 2.50. The largest absolute Gasteiger partial charge is 0.343 e. The summed E-state index contributed by atoms with van der Waals surface area (Å²) in [6.45, 7) is 1.74. The summed E-state index contributed by atoms with van der Waals surface area (Å²) >= 11 is 0. The molecule has 0 saturated carbocycles. The van der Waals surface area contributed by atoms with Crippen molar-refractivity contribution in [2.45, 2.75) is 32.1 Å². The second-order valence-corrected chi connectivity index (χ2v) is 5.55. The highest BCUT2D eigenvalue weighted by Crippen LogP contribution is 2.14. The Labute approximate surface area is 134 Å². The fraction of sp³-hybridized carbons (Fsp3) is 0.500. The van der Waals surface area contributed by atoms with Gasteiger partial charge in [0.1, 0.15) is 11.6 Å². The lowest BCUT2D eigenvalue weighted by atomic mass is 10.2. The third-order valence-electron chi connectivity index (χ3n) is 3.74. The number of hydrogen-bond donors (Lipinski definition) is 2. The molecule has 0 aromatic heterocycles. The molecule has 7 heteroatoms. The molecule has 0 spiro atoms. The molecule has 126 valence electrons. The van der Waals surface area contributed by atoms with Crippen LogP contribution in [0.2, 0.25) is 0 Å². The van der Waals surface area contributed by atoms with Crippen LogP contribution in [0.5, 0.6) is 0 Å². The van der Waals surface area contributed by atoms with E-state index in [1.165, 1.54) is 6.07 Å². The number of nitrogens with zero attached hydrogens (tertiary/aromatic N) is 1. The lowest BCUT2D eigenvalue weighted by molar-refractivity contribution is -0.130. The Bertz CT molecular complexity index is 566. The Hall–Kier alpha value is -2.18. The number of carbonyl (C=O) groups excluding carboxylic acids is 2. The summed E-state index contributed by atoms with van der Waals surface area (Å²) in [6.07, 6.45) is 4.26. The molecule has 0 aliphatic carbocycles. The number of anilines is 1. The van der Waals surface area contributed by atoms with Gasteiger partial charge in [0.05, 0.1) is 5.69 Å². The van der Waals surface area contributed by atoms with E-state index in [0.717, 1.165) is 31.9 Å². The predicted molar refractivity (Wildman–Crippen MR) is 83.0 cm³/mol. The Morgan fingerprint density at radius 1 is 1.22 bits per heavy atom. The Kier molecular flexibility index (Phi) is 6.31. The molecule has 1 aliphatic heterocycles. The van der Waals surface area contributed by atoms with Gasteiger partial charge < -0.3 is 15.5 Å². The molecule has 1 saturated heterocycles. The van der Waals surface area contributed by atoms with E-state index < -0.39 is 17.7 Å². The average Bonchev–Trinajstić information content (AvgIpc) is 2.71. The third-order valence-corrected chi connectivity index (χ3v) is 3.74. The van der Waals surface area contributed by atoms with Crippen LogP contribution < -0.4 is 10.6 Å². The molecular weight excluding hydrogens is 304 g/mol. The minimum atomic E-state index is -0.824. The highest BCUT2D eigenvalue weighted by molar-refractivity contribution is 5.89. The molecule has 0 unspecified atom stereocenters. The maximum Gasteiger partial charge on any atom is 0.319 e. The molecular formula is C16H21F2N3O2. The van der Waals surface area contributed by atoms with E-state index in [-0.39, 0.29) is 11.6 Å². The van der Waals surface area contributed by atoms with Gasteiger partial charge in [-0.3, -0.25) is 4.79 Å². The van der Waals surface area contributed by atoms with Crippen molar-refractivity contribution >= 4 is 17.6 Å². The second kappa shape index (κ2) is 8.45. The van der Waals surface area contributed by atoms with Gasteiger partial charge in [-0.2, -0.15) is 0 Å². The maximum atomic E-state index is 13.4. The molecule has 0 radical (unpaired) electrons. The van der Waals surface area contributed by atoms with E-state index >= 15 is 0 Å². The van der Waals surface area contributed by atoms with Gasteiger partial charge >= 0.3 is 6.03 Å². The van der Waals surface area contributed by atoms with E-state index in [9.17, 15) is 18.4 Å². The molecule has 3 amide bonds. The number of carbonyl (C=O) groups is 2. The van der Waals surface area contributed by atoms with Gasteiger partial charge in [0.15, 0.2) is 0 Å². The maximum absolute atomic E-state index is 13.4. The first-order valence-electron chi connectivity index (χ1n) is 7.84. The molecule has 2 rings (SSSR count). The first-order valence-corrected chi connectivity index (χ1v) is 7.84. The van der Waals surface area contributed by atoms with Crippen LogP contribution >= 0.6 is 0 Å². The number of rotatable bonds is 5. The predicted octanol–water partition coefficient (Wildman–Crippen LogP) is 2.88. The summed E-state index contributed by atoms with van der Waals surface area (Å²) in [7, 11) is 0. The van der Waals surface area contributed by atoms with Crippen LogP contribution in [-0.4, -0.2) is 36.5 Å². The molecule has 1 aliphatic rings. The van der Waals surface area contributed by atoms with Crippen molar-refractivity contribution in [2.75, 3.05) is 25.0 Å². The van der Waals surface area contributed by atoms with Crippen molar-refractivity contribution in [3.05, 3.63) is 29.8 Å². The van der Waals surface area contributed by atoms with Gasteiger partial charge in [0, 0.05) is 32.1 Å². The first-order chi connectivity index (χ1) is 11.1. The molecule has 2 N–H and O–H groups in total. The second-order valence-electron chi connectivity index (χ2n) is 5.55. The number of benzene rings is 1. The van der Waals surface area contributed by atoms with Gasteiger partial charge in [-0.05, 0) is 31.4 Å². The number of nitrogens with one attached hydrogen (secondary N) is 2. The Morgan fingerprint density at radius 2 is 2.04 bits per heavy atom. The van der Waals surface area contributed by atoms with Crippen LogP contribution in [0.3, 0.4) is 0 Å². The Morgan fingerprint density at radius 3 is 2.83 bits per heavy atom. The molecule has 0 bridgehead atoms. The van der Waals surface area contributed by atoms with E-state index in [0.29, 0.717) is 32.0 Å². The molecule has 5 nitrogen and oxygen atoms in total. The van der Waals surface area contributed by atoms with Gasteiger partial charge in [0.25, 0.3) is 0 Å². The fourth-order valence-electron chi connectivity index (χ4n) is 2.50. The van der Waals surface area contributed by atoms with E-state index in [1.54, 1.807) is 0 Å².